The van der Waals surface area contributed by atoms with Gasteiger partial charge in [0, 0.05) is 18.5 Å². The Bertz CT molecular complexity index is 1340. The largest absolute Gasteiger partial charge is 0.350 e. The summed E-state index contributed by atoms with van der Waals surface area (Å²) in [5.41, 5.74) is 2.68. The van der Waals surface area contributed by atoms with Gasteiger partial charge < -0.3 is 10.2 Å². The van der Waals surface area contributed by atoms with Crippen LogP contribution in [0.1, 0.15) is 44.4 Å². The molecule has 0 fully saturated rings. The number of carbonyl (C=O) groups is 2. The number of nitrogens with one attached hydrogen (secondary N) is 1. The Labute approximate surface area is 232 Å². The molecule has 0 saturated carbocycles. The number of aryl methyl sites for hydroxylation is 1. The highest BCUT2D eigenvalue weighted by Crippen LogP contribution is 2.21. The summed E-state index contributed by atoms with van der Waals surface area (Å²) in [7, 11) is -3.79. The third kappa shape index (κ3) is 8.96. The molecule has 1 N–H and O–H groups in total. The molecule has 0 heterocycles. The summed E-state index contributed by atoms with van der Waals surface area (Å²) in [5, 5.41) is 3.02. The number of nitrogens with zero attached hydrogens (tertiary/aromatic N) is 2. The average Bonchev–Trinajstić information content (AvgIpc) is 2.88. The average molecular weight is 550 g/mol. The predicted molar refractivity (Wildman–Crippen MR) is 157 cm³/mol. The minimum atomic E-state index is -3.79. The smallest absolute Gasteiger partial charge is 0.244 e. The molecule has 0 saturated heterocycles. The van der Waals surface area contributed by atoms with E-state index in [2.05, 4.69) is 5.32 Å². The van der Waals surface area contributed by atoms with Crippen molar-refractivity contribution in [3.8, 4) is 0 Å². The van der Waals surface area contributed by atoms with Gasteiger partial charge in [-0.1, -0.05) is 79.7 Å². The normalized spacial score (nSPS) is 12.4. The molecule has 0 spiro atoms. The number of rotatable bonds is 11. The van der Waals surface area contributed by atoms with Crippen molar-refractivity contribution < 1.29 is 18.0 Å². The first kappa shape index (κ1) is 29.9. The summed E-state index contributed by atoms with van der Waals surface area (Å²) in [4.78, 5) is 29.2. The molecule has 0 aliphatic rings. The first-order valence-corrected chi connectivity index (χ1v) is 15.0. The van der Waals surface area contributed by atoms with Gasteiger partial charge in [-0.2, -0.15) is 0 Å². The molecule has 7 nitrogen and oxygen atoms in total. The molecular formula is C31H39N3O4S. The summed E-state index contributed by atoms with van der Waals surface area (Å²) in [6.07, 6.45) is 2.18. The molecule has 3 aromatic rings. The zero-order valence-corrected chi connectivity index (χ0v) is 24.2. The monoisotopic (exact) mass is 549 g/mol. The molecule has 2 amide bonds. The summed E-state index contributed by atoms with van der Waals surface area (Å²) >= 11 is 0. The van der Waals surface area contributed by atoms with Crippen molar-refractivity contribution in [3.05, 3.63) is 102 Å². The van der Waals surface area contributed by atoms with Gasteiger partial charge in [0.1, 0.15) is 12.6 Å². The van der Waals surface area contributed by atoms with Gasteiger partial charge in [0.25, 0.3) is 0 Å². The molecule has 3 aromatic carbocycles. The molecule has 0 radical (unpaired) electrons. The highest BCUT2D eigenvalue weighted by Gasteiger charge is 2.34. The first-order valence-electron chi connectivity index (χ1n) is 13.1. The Morgan fingerprint density at radius 3 is 1.85 bits per heavy atom. The van der Waals surface area contributed by atoms with Crippen molar-refractivity contribution in [1.29, 1.82) is 0 Å². The van der Waals surface area contributed by atoms with Crippen LogP contribution in [-0.2, 0) is 39.0 Å². The van der Waals surface area contributed by atoms with Crippen LogP contribution in [0.25, 0.3) is 0 Å². The lowest BCUT2D eigenvalue weighted by atomic mass is 10.0. The number of amides is 2. The second-order valence-electron chi connectivity index (χ2n) is 10.7. The third-order valence-electron chi connectivity index (χ3n) is 6.28. The number of hydrogen-bond donors (Lipinski definition) is 1. The Balaban J connectivity index is 2.04. The van der Waals surface area contributed by atoms with Gasteiger partial charge in [0.15, 0.2) is 0 Å². The van der Waals surface area contributed by atoms with Crippen molar-refractivity contribution >= 4 is 27.5 Å². The van der Waals surface area contributed by atoms with Gasteiger partial charge in [0.2, 0.25) is 21.8 Å². The Morgan fingerprint density at radius 1 is 0.821 bits per heavy atom. The second kappa shape index (κ2) is 12.9. The van der Waals surface area contributed by atoms with E-state index in [4.69, 9.17) is 0 Å². The fraction of sp³-hybridized carbons (Fsp3) is 0.355. The summed E-state index contributed by atoms with van der Waals surface area (Å²) < 4.78 is 26.8. The molecule has 208 valence electrons. The number of benzene rings is 3. The van der Waals surface area contributed by atoms with Crippen molar-refractivity contribution in [2.24, 2.45) is 0 Å². The fourth-order valence-electron chi connectivity index (χ4n) is 4.30. The van der Waals surface area contributed by atoms with Gasteiger partial charge in [-0.05, 0) is 56.0 Å². The Kier molecular flexibility index (Phi) is 9.92. The zero-order chi connectivity index (χ0) is 28.6. The lowest BCUT2D eigenvalue weighted by Crippen LogP contribution is -2.56. The quantitative estimate of drug-likeness (QED) is 0.380. The standard InChI is InChI=1S/C31H39N3O4S/c1-6-24-17-19-27(20-18-24)34(39(5,37)38)23-29(35)33(22-26-15-11-8-12-16-26)28(30(36)32-31(2,3)4)21-25-13-9-7-10-14-25/h7-20,28H,6,21-23H2,1-5H3,(H,32,36)/t28-/m0/s1. The second-order valence-corrected chi connectivity index (χ2v) is 12.6. The van der Waals surface area contributed by atoms with E-state index in [-0.39, 0.29) is 18.9 Å². The lowest BCUT2D eigenvalue weighted by molar-refractivity contribution is -0.140. The fourth-order valence-corrected chi connectivity index (χ4v) is 5.15. The molecule has 39 heavy (non-hydrogen) atoms. The maximum absolute atomic E-state index is 14.0. The Hall–Kier alpha value is -3.65. The van der Waals surface area contributed by atoms with E-state index >= 15 is 0 Å². The van der Waals surface area contributed by atoms with E-state index in [1.54, 1.807) is 12.1 Å². The zero-order valence-electron chi connectivity index (χ0n) is 23.4. The number of carbonyl (C=O) groups excluding carboxylic acids is 2. The van der Waals surface area contributed by atoms with Crippen LogP contribution in [0.15, 0.2) is 84.9 Å². The van der Waals surface area contributed by atoms with Crippen LogP contribution in [0.5, 0.6) is 0 Å². The highest BCUT2D eigenvalue weighted by atomic mass is 32.2. The maximum atomic E-state index is 14.0. The van der Waals surface area contributed by atoms with E-state index in [1.807, 2.05) is 100 Å². The minimum absolute atomic E-state index is 0.154. The van der Waals surface area contributed by atoms with Gasteiger partial charge in [-0.25, -0.2) is 8.42 Å². The maximum Gasteiger partial charge on any atom is 0.244 e. The van der Waals surface area contributed by atoms with Gasteiger partial charge >= 0.3 is 0 Å². The predicted octanol–water partition coefficient (Wildman–Crippen LogP) is 4.57. The van der Waals surface area contributed by atoms with E-state index < -0.39 is 34.1 Å². The van der Waals surface area contributed by atoms with Crippen LogP contribution in [0.4, 0.5) is 5.69 Å². The molecule has 3 rings (SSSR count). The topological polar surface area (TPSA) is 86.8 Å². The van der Waals surface area contributed by atoms with Crippen LogP contribution in [0, 0.1) is 0 Å². The molecule has 8 heteroatoms. The van der Waals surface area contributed by atoms with E-state index in [1.165, 1.54) is 4.90 Å². The molecule has 0 bridgehead atoms. The van der Waals surface area contributed by atoms with Gasteiger partial charge in [-0.3, -0.25) is 13.9 Å². The third-order valence-corrected chi connectivity index (χ3v) is 7.42. The number of anilines is 1. The van der Waals surface area contributed by atoms with E-state index in [9.17, 15) is 18.0 Å². The summed E-state index contributed by atoms with van der Waals surface area (Å²) in [6.45, 7) is 7.41. The van der Waals surface area contributed by atoms with Crippen LogP contribution in [0.3, 0.4) is 0 Å². The van der Waals surface area contributed by atoms with Crippen LogP contribution in [-0.4, -0.2) is 49.5 Å². The van der Waals surface area contributed by atoms with Crippen molar-refractivity contribution in [1.82, 2.24) is 10.2 Å². The molecule has 0 aliphatic carbocycles. The molecule has 0 aliphatic heterocycles. The van der Waals surface area contributed by atoms with Crippen LogP contribution >= 0.6 is 0 Å². The molecule has 1 atom stereocenters. The first-order chi connectivity index (χ1) is 18.4. The van der Waals surface area contributed by atoms with Crippen LogP contribution in [0.2, 0.25) is 0 Å². The number of sulfonamides is 1. The highest BCUT2D eigenvalue weighted by molar-refractivity contribution is 7.92. The van der Waals surface area contributed by atoms with Gasteiger partial charge in [0.05, 0.1) is 11.9 Å². The van der Waals surface area contributed by atoms with E-state index in [0.29, 0.717) is 5.69 Å². The molecule has 0 unspecified atom stereocenters. The van der Waals surface area contributed by atoms with Gasteiger partial charge in [-0.15, -0.1) is 0 Å². The number of hydrogen-bond acceptors (Lipinski definition) is 4. The summed E-state index contributed by atoms with van der Waals surface area (Å²) in [6, 6.07) is 25.2. The van der Waals surface area contributed by atoms with Crippen LogP contribution < -0.4 is 9.62 Å². The lowest BCUT2D eigenvalue weighted by Gasteiger charge is -2.35. The Morgan fingerprint density at radius 2 is 1.36 bits per heavy atom. The minimum Gasteiger partial charge on any atom is -0.350 e. The van der Waals surface area contributed by atoms with Crippen molar-refractivity contribution in [3.63, 3.8) is 0 Å². The van der Waals surface area contributed by atoms with Crippen molar-refractivity contribution in [2.45, 2.75) is 58.7 Å². The SMILES string of the molecule is CCc1ccc(N(CC(=O)N(Cc2ccccc2)[C@@H](Cc2ccccc2)C(=O)NC(C)(C)C)S(C)(=O)=O)cc1. The molecular weight excluding hydrogens is 510 g/mol. The van der Waals surface area contributed by atoms with E-state index in [0.717, 1.165) is 33.7 Å². The summed E-state index contributed by atoms with van der Waals surface area (Å²) in [5.74, 6) is -0.761. The molecule has 0 aromatic heterocycles. The van der Waals surface area contributed by atoms with Crippen molar-refractivity contribution in [2.75, 3.05) is 17.1 Å².